The van der Waals surface area contributed by atoms with Crippen molar-refractivity contribution in [3.05, 3.63) is 91.0 Å². The molecule has 165 valence electrons. The minimum absolute atomic E-state index is 0.646. The van der Waals surface area contributed by atoms with E-state index >= 15 is 0 Å². The fourth-order valence-electron chi connectivity index (χ4n) is 3.20. The highest BCUT2D eigenvalue weighted by Crippen LogP contribution is 2.27. The maximum atomic E-state index is 10.4. The van der Waals surface area contributed by atoms with Gasteiger partial charge in [-0.2, -0.15) is 0 Å². The van der Waals surface area contributed by atoms with Gasteiger partial charge < -0.3 is 9.76 Å². The first-order valence-electron chi connectivity index (χ1n) is 11.1. The molecular weight excluding hydrogens is 407 g/mol. The molecule has 0 amide bonds. The van der Waals surface area contributed by atoms with Crippen molar-refractivity contribution in [1.82, 2.24) is 9.97 Å². The van der Waals surface area contributed by atoms with Crippen LogP contribution in [0.4, 0.5) is 0 Å². The molecule has 0 aliphatic carbocycles. The molecule has 0 unspecified atom stereocenters. The Balaban J connectivity index is 1.72. The molecule has 0 spiro atoms. The summed E-state index contributed by atoms with van der Waals surface area (Å²) < 4.78 is 5.94. The minimum Gasteiger partial charge on any atom is -0.427 e. The molecule has 0 aliphatic rings. The van der Waals surface area contributed by atoms with Crippen molar-refractivity contribution in [2.75, 3.05) is 0 Å². The number of hydrogen-bond donors (Lipinski definition) is 1. The molecule has 1 N–H and O–H groups in total. The quantitative estimate of drug-likeness (QED) is 0.401. The number of rotatable bonds is 7. The van der Waals surface area contributed by atoms with Crippen LogP contribution in [0.2, 0.25) is 0 Å². The maximum Gasteiger partial charge on any atom is 0.330 e. The van der Waals surface area contributed by atoms with Crippen molar-refractivity contribution in [2.24, 2.45) is 0 Å². The van der Waals surface area contributed by atoms with Crippen molar-refractivity contribution in [1.29, 1.82) is 0 Å². The molecule has 4 aromatic rings. The molecule has 0 bridgehead atoms. The van der Waals surface area contributed by atoms with E-state index in [1.807, 2.05) is 80.6 Å². The molecule has 4 nitrogen and oxygen atoms in total. The zero-order valence-electron chi connectivity index (χ0n) is 19.5. The summed E-state index contributed by atoms with van der Waals surface area (Å²) in [6, 6.07) is 30.2. The summed E-state index contributed by atoms with van der Waals surface area (Å²) in [7, 11) is 1.68. The third-order valence-electron chi connectivity index (χ3n) is 5.97. The Morgan fingerprint density at radius 2 is 1.18 bits per heavy atom. The molecule has 1 radical (unpaired) electrons. The Bertz CT molecular complexity index is 1160. The van der Waals surface area contributed by atoms with E-state index < -0.39 is 11.2 Å². The van der Waals surface area contributed by atoms with Gasteiger partial charge in [0.15, 0.2) is 5.82 Å². The lowest BCUT2D eigenvalue weighted by Crippen LogP contribution is -2.49. The van der Waals surface area contributed by atoms with Gasteiger partial charge in [0.05, 0.1) is 22.6 Å². The van der Waals surface area contributed by atoms with Crippen LogP contribution in [0, 0.1) is 0 Å². The zero-order valence-corrected chi connectivity index (χ0v) is 19.5. The van der Waals surface area contributed by atoms with Gasteiger partial charge in [0, 0.05) is 16.7 Å². The second-order valence-electron chi connectivity index (χ2n) is 9.12. The van der Waals surface area contributed by atoms with Gasteiger partial charge in [0.2, 0.25) is 0 Å². The van der Waals surface area contributed by atoms with Crippen LogP contribution in [-0.4, -0.2) is 33.8 Å². The Kier molecular flexibility index (Phi) is 6.45. The number of hydrogen-bond acceptors (Lipinski definition) is 4. The number of aliphatic hydroxyl groups is 1. The van der Waals surface area contributed by atoms with Crippen LogP contribution >= 0.6 is 0 Å². The van der Waals surface area contributed by atoms with E-state index in [9.17, 15) is 5.11 Å². The third-order valence-corrected chi connectivity index (χ3v) is 5.97. The normalized spacial score (nSPS) is 11.9. The Morgan fingerprint density at radius 3 is 1.70 bits per heavy atom. The van der Waals surface area contributed by atoms with Crippen LogP contribution in [-0.2, 0) is 4.65 Å². The molecule has 3 aromatic carbocycles. The lowest BCUT2D eigenvalue weighted by Gasteiger charge is -2.37. The second kappa shape index (κ2) is 9.30. The summed E-state index contributed by atoms with van der Waals surface area (Å²) >= 11 is 0. The zero-order chi connectivity index (χ0) is 23.5. The van der Waals surface area contributed by atoms with E-state index in [0.29, 0.717) is 5.82 Å². The highest BCUT2D eigenvalue weighted by atomic mass is 16.5. The number of nitrogens with zero attached hydrogens (tertiary/aromatic N) is 2. The van der Waals surface area contributed by atoms with Crippen molar-refractivity contribution in [3.8, 4) is 33.9 Å². The van der Waals surface area contributed by atoms with Crippen LogP contribution in [0.5, 0.6) is 0 Å². The summed E-state index contributed by atoms with van der Waals surface area (Å²) in [6.45, 7) is 7.22. The van der Waals surface area contributed by atoms with Gasteiger partial charge >= 0.3 is 7.48 Å². The summed E-state index contributed by atoms with van der Waals surface area (Å²) in [6.07, 6.45) is 0. The average Bonchev–Trinajstić information content (AvgIpc) is 2.83. The summed E-state index contributed by atoms with van der Waals surface area (Å²) in [4.78, 5) is 9.77. The van der Waals surface area contributed by atoms with Crippen LogP contribution in [0.15, 0.2) is 91.0 Å². The van der Waals surface area contributed by atoms with Crippen LogP contribution in [0.25, 0.3) is 33.9 Å². The molecule has 0 aliphatic heterocycles. The number of benzene rings is 3. The van der Waals surface area contributed by atoms with E-state index in [4.69, 9.17) is 14.6 Å². The van der Waals surface area contributed by atoms with Crippen molar-refractivity contribution >= 4 is 12.9 Å². The second-order valence-corrected chi connectivity index (χ2v) is 9.12. The molecule has 4 rings (SSSR count). The lowest BCUT2D eigenvalue weighted by molar-refractivity contribution is -0.0893. The molecule has 33 heavy (non-hydrogen) atoms. The van der Waals surface area contributed by atoms with Gasteiger partial charge in [-0.3, -0.25) is 0 Å². The standard InChI is InChI=1S/C28H28BN2O2/c1-27(2,32)28(3,4)33-29-23-17-11-16-22(18-23)26-30-24(20-12-7-5-8-13-20)19-25(31-26)21-14-9-6-10-15-21/h5-19,32H,1-4H3. The van der Waals surface area contributed by atoms with Gasteiger partial charge in [-0.1, -0.05) is 90.4 Å². The van der Waals surface area contributed by atoms with E-state index in [1.54, 1.807) is 21.3 Å². The molecular formula is C28H28BN2O2. The van der Waals surface area contributed by atoms with Crippen LogP contribution in [0.3, 0.4) is 0 Å². The first kappa shape index (κ1) is 22.9. The summed E-state index contributed by atoms with van der Waals surface area (Å²) in [5.41, 5.74) is 3.85. The van der Waals surface area contributed by atoms with Crippen LogP contribution < -0.4 is 5.46 Å². The highest BCUT2D eigenvalue weighted by molar-refractivity contribution is 6.47. The lowest BCUT2D eigenvalue weighted by atomic mass is 9.82. The SMILES string of the molecule is CC(C)(O)C(C)(C)O[B]c1cccc(-c2nc(-c3ccccc3)cc(-c3ccccc3)n2)c1. The van der Waals surface area contributed by atoms with Crippen LogP contribution in [0.1, 0.15) is 27.7 Å². The van der Waals surface area contributed by atoms with Gasteiger partial charge in [0.25, 0.3) is 0 Å². The fourth-order valence-corrected chi connectivity index (χ4v) is 3.20. The molecule has 0 atom stereocenters. The monoisotopic (exact) mass is 435 g/mol. The average molecular weight is 435 g/mol. The van der Waals surface area contributed by atoms with Gasteiger partial charge in [0.1, 0.15) is 0 Å². The topological polar surface area (TPSA) is 55.2 Å². The molecule has 1 heterocycles. The van der Waals surface area contributed by atoms with E-state index in [-0.39, 0.29) is 0 Å². The van der Waals surface area contributed by atoms with E-state index in [0.717, 1.165) is 33.5 Å². The van der Waals surface area contributed by atoms with E-state index in [2.05, 4.69) is 24.3 Å². The molecule has 0 saturated heterocycles. The maximum absolute atomic E-state index is 10.4. The Hall–Kier alpha value is -3.28. The molecule has 0 saturated carbocycles. The summed E-state index contributed by atoms with van der Waals surface area (Å²) in [5, 5.41) is 10.4. The first-order valence-corrected chi connectivity index (χ1v) is 11.1. The van der Waals surface area contributed by atoms with Gasteiger partial charge in [-0.15, -0.1) is 0 Å². The predicted octanol–water partition coefficient (Wildman–Crippen LogP) is 5.29. The van der Waals surface area contributed by atoms with Crippen molar-refractivity contribution in [3.63, 3.8) is 0 Å². The Labute approximate surface area is 196 Å². The summed E-state index contributed by atoms with van der Waals surface area (Å²) in [5.74, 6) is 0.646. The van der Waals surface area contributed by atoms with Gasteiger partial charge in [-0.05, 0) is 33.8 Å². The first-order chi connectivity index (χ1) is 15.7. The fraction of sp³-hybridized carbons (Fsp3) is 0.214. The number of aromatic nitrogens is 2. The third kappa shape index (κ3) is 5.38. The van der Waals surface area contributed by atoms with Crippen molar-refractivity contribution < 1.29 is 9.76 Å². The molecule has 1 aromatic heterocycles. The van der Waals surface area contributed by atoms with E-state index in [1.165, 1.54) is 0 Å². The van der Waals surface area contributed by atoms with Gasteiger partial charge in [-0.25, -0.2) is 9.97 Å². The van der Waals surface area contributed by atoms with Crippen molar-refractivity contribution in [2.45, 2.75) is 38.9 Å². The molecule has 0 fully saturated rings. The molecule has 5 heteroatoms. The minimum atomic E-state index is -0.987. The predicted molar refractivity (Wildman–Crippen MR) is 135 cm³/mol. The smallest absolute Gasteiger partial charge is 0.330 e. The Morgan fingerprint density at radius 1 is 0.667 bits per heavy atom. The largest absolute Gasteiger partial charge is 0.427 e. The highest BCUT2D eigenvalue weighted by Gasteiger charge is 2.35.